The summed E-state index contributed by atoms with van der Waals surface area (Å²) in [5, 5.41) is 7.07. The molecule has 29 heavy (non-hydrogen) atoms. The highest BCUT2D eigenvalue weighted by molar-refractivity contribution is 7.07. The molecule has 0 amide bonds. The van der Waals surface area contributed by atoms with Crippen molar-refractivity contribution in [2.45, 2.75) is 39.0 Å². The summed E-state index contributed by atoms with van der Waals surface area (Å²) in [6.45, 7) is 6.53. The Morgan fingerprint density at radius 3 is 2.28 bits per heavy atom. The summed E-state index contributed by atoms with van der Waals surface area (Å²) in [6.07, 6.45) is 5.75. The van der Waals surface area contributed by atoms with E-state index in [0.29, 0.717) is 23.8 Å². The Morgan fingerprint density at radius 1 is 1.07 bits per heavy atom. The molecule has 0 radical (unpaired) electrons. The average Bonchev–Trinajstić information content (AvgIpc) is 3.14. The molecule has 0 aliphatic heterocycles. The van der Waals surface area contributed by atoms with E-state index in [1.165, 1.54) is 25.0 Å². The second-order valence-electron chi connectivity index (χ2n) is 7.13. The monoisotopic (exact) mass is 415 g/mol. The fourth-order valence-corrected chi connectivity index (χ4v) is 4.17. The van der Waals surface area contributed by atoms with E-state index in [-0.39, 0.29) is 0 Å². The first-order chi connectivity index (χ1) is 14.1. The minimum absolute atomic E-state index is 0.575. The van der Waals surface area contributed by atoms with Crippen molar-refractivity contribution in [3.8, 4) is 28.5 Å². The van der Waals surface area contributed by atoms with E-state index in [1.54, 1.807) is 32.7 Å². The molecule has 1 aromatic carbocycles. The van der Waals surface area contributed by atoms with Crippen LogP contribution in [0.2, 0.25) is 0 Å². The minimum atomic E-state index is 0.575. The molecule has 6 nitrogen and oxygen atoms in total. The van der Waals surface area contributed by atoms with Crippen molar-refractivity contribution in [3.63, 3.8) is 0 Å². The van der Waals surface area contributed by atoms with E-state index in [1.807, 2.05) is 23.7 Å². The first kappa shape index (κ1) is 21.2. The van der Waals surface area contributed by atoms with Crippen molar-refractivity contribution in [2.75, 3.05) is 27.9 Å². The maximum absolute atomic E-state index is 5.53. The van der Waals surface area contributed by atoms with Gasteiger partial charge in [0.15, 0.2) is 11.5 Å². The average molecular weight is 416 g/mol. The standard InChI is InChI=1S/C22H29N3O3S/c1-15(2)13-23-22-25(24-17-9-7-6-8-10-17)18(14-29-22)16-11-19(26-3)21(28-5)20(12-16)27-4/h11-12,14H,1,6-10,13H2,2-5H3. The molecule has 0 N–H and O–H groups in total. The summed E-state index contributed by atoms with van der Waals surface area (Å²) in [4.78, 5) is 5.58. The van der Waals surface area contributed by atoms with Crippen LogP contribution in [0.25, 0.3) is 11.3 Å². The maximum Gasteiger partial charge on any atom is 0.206 e. The van der Waals surface area contributed by atoms with Crippen LogP contribution in [0.3, 0.4) is 0 Å². The van der Waals surface area contributed by atoms with Crippen LogP contribution < -0.4 is 19.0 Å². The van der Waals surface area contributed by atoms with Crippen LogP contribution in [0.15, 0.2) is 39.8 Å². The Labute approximate surface area is 176 Å². The van der Waals surface area contributed by atoms with Crippen molar-refractivity contribution in [3.05, 3.63) is 34.5 Å². The lowest BCUT2D eigenvalue weighted by molar-refractivity contribution is 0.324. The number of methoxy groups -OCH3 is 3. The number of thiazole rings is 1. The van der Waals surface area contributed by atoms with Gasteiger partial charge in [0.05, 0.1) is 33.6 Å². The fourth-order valence-electron chi connectivity index (χ4n) is 3.34. The van der Waals surface area contributed by atoms with Gasteiger partial charge in [-0.15, -0.1) is 11.3 Å². The number of hydrogen-bond donors (Lipinski definition) is 0. The summed E-state index contributed by atoms with van der Waals surface area (Å²) in [7, 11) is 4.85. The first-order valence-electron chi connectivity index (χ1n) is 9.80. The van der Waals surface area contributed by atoms with Crippen molar-refractivity contribution >= 4 is 17.0 Å². The van der Waals surface area contributed by atoms with Gasteiger partial charge >= 0.3 is 0 Å². The second kappa shape index (κ2) is 9.78. The smallest absolute Gasteiger partial charge is 0.206 e. The van der Waals surface area contributed by atoms with E-state index in [4.69, 9.17) is 24.3 Å². The van der Waals surface area contributed by atoms with Crippen LogP contribution in [0.1, 0.15) is 39.0 Å². The van der Waals surface area contributed by atoms with Crippen LogP contribution >= 0.6 is 11.3 Å². The van der Waals surface area contributed by atoms with Gasteiger partial charge in [0.25, 0.3) is 0 Å². The third-order valence-corrected chi connectivity index (χ3v) is 5.66. The van der Waals surface area contributed by atoms with Crippen LogP contribution in [0, 0.1) is 0 Å². The lowest BCUT2D eigenvalue weighted by atomic mass is 9.99. The third-order valence-electron chi connectivity index (χ3n) is 4.80. The topological polar surface area (TPSA) is 57.3 Å². The fraction of sp³-hybridized carbons (Fsp3) is 0.455. The van der Waals surface area contributed by atoms with E-state index < -0.39 is 0 Å². The number of benzene rings is 1. The highest BCUT2D eigenvalue weighted by Crippen LogP contribution is 2.41. The summed E-state index contributed by atoms with van der Waals surface area (Å²) in [5.41, 5.74) is 4.13. The van der Waals surface area contributed by atoms with Gasteiger partial charge in [-0.2, -0.15) is 5.10 Å². The molecule has 1 aliphatic carbocycles. The minimum Gasteiger partial charge on any atom is -0.493 e. The Kier molecular flexibility index (Phi) is 7.14. The van der Waals surface area contributed by atoms with E-state index >= 15 is 0 Å². The molecule has 1 fully saturated rings. The van der Waals surface area contributed by atoms with Gasteiger partial charge in [0, 0.05) is 16.7 Å². The van der Waals surface area contributed by atoms with E-state index in [0.717, 1.165) is 34.5 Å². The zero-order valence-corrected chi connectivity index (χ0v) is 18.5. The highest BCUT2D eigenvalue weighted by atomic mass is 32.1. The third kappa shape index (κ3) is 4.90. The molecule has 0 spiro atoms. The predicted molar refractivity (Wildman–Crippen MR) is 119 cm³/mol. The van der Waals surface area contributed by atoms with Gasteiger partial charge in [0.2, 0.25) is 10.6 Å². The molecular formula is C22H29N3O3S. The molecule has 0 unspecified atom stereocenters. The first-order valence-corrected chi connectivity index (χ1v) is 10.7. The Hall–Kier alpha value is -2.54. The predicted octanol–water partition coefficient (Wildman–Crippen LogP) is 4.89. The molecule has 1 aromatic heterocycles. The number of ether oxygens (including phenoxy) is 3. The molecule has 0 atom stereocenters. The Morgan fingerprint density at radius 2 is 1.72 bits per heavy atom. The molecule has 3 rings (SSSR count). The van der Waals surface area contributed by atoms with Gasteiger partial charge in [-0.25, -0.2) is 4.68 Å². The molecule has 0 saturated heterocycles. The Balaban J connectivity index is 2.16. The summed E-state index contributed by atoms with van der Waals surface area (Å²) in [5.74, 6) is 1.81. The lowest BCUT2D eigenvalue weighted by Gasteiger charge is -2.15. The number of aromatic nitrogens is 1. The molecule has 0 bridgehead atoms. The number of nitrogens with zero attached hydrogens (tertiary/aromatic N) is 3. The molecular weight excluding hydrogens is 386 g/mol. The van der Waals surface area contributed by atoms with Gasteiger partial charge < -0.3 is 14.2 Å². The second-order valence-corrected chi connectivity index (χ2v) is 7.97. The zero-order chi connectivity index (χ0) is 20.8. The SMILES string of the molecule is C=C(C)CN=c1scc(-c2cc(OC)c(OC)c(OC)c2)n1N=C1CCCCC1. The van der Waals surface area contributed by atoms with Gasteiger partial charge in [-0.1, -0.05) is 18.6 Å². The molecule has 1 aliphatic rings. The molecule has 1 heterocycles. The van der Waals surface area contributed by atoms with Crippen molar-refractivity contribution < 1.29 is 14.2 Å². The largest absolute Gasteiger partial charge is 0.493 e. The molecule has 7 heteroatoms. The van der Waals surface area contributed by atoms with Gasteiger partial charge in [-0.3, -0.25) is 4.99 Å². The zero-order valence-electron chi connectivity index (χ0n) is 17.7. The van der Waals surface area contributed by atoms with Crippen molar-refractivity contribution in [1.82, 2.24) is 4.68 Å². The van der Waals surface area contributed by atoms with Crippen molar-refractivity contribution in [2.24, 2.45) is 10.1 Å². The van der Waals surface area contributed by atoms with E-state index in [9.17, 15) is 0 Å². The highest BCUT2D eigenvalue weighted by Gasteiger charge is 2.17. The molecule has 1 saturated carbocycles. The van der Waals surface area contributed by atoms with Crippen LogP contribution in [0.5, 0.6) is 17.2 Å². The maximum atomic E-state index is 5.53. The molecule has 2 aromatic rings. The van der Waals surface area contributed by atoms with Gasteiger partial charge in [0.1, 0.15) is 0 Å². The van der Waals surface area contributed by atoms with Gasteiger partial charge in [-0.05, 0) is 44.7 Å². The summed E-state index contributed by atoms with van der Waals surface area (Å²) >= 11 is 1.57. The van der Waals surface area contributed by atoms with E-state index in [2.05, 4.69) is 12.0 Å². The molecule has 156 valence electrons. The lowest BCUT2D eigenvalue weighted by Crippen LogP contribution is -2.16. The van der Waals surface area contributed by atoms with Crippen LogP contribution in [-0.4, -0.2) is 38.3 Å². The summed E-state index contributed by atoms with van der Waals surface area (Å²) < 4.78 is 18.5. The van der Waals surface area contributed by atoms with Crippen LogP contribution in [-0.2, 0) is 0 Å². The van der Waals surface area contributed by atoms with Crippen molar-refractivity contribution in [1.29, 1.82) is 0 Å². The quantitative estimate of drug-likeness (QED) is 0.605. The van der Waals surface area contributed by atoms with Crippen LogP contribution in [0.4, 0.5) is 0 Å². The number of hydrogen-bond acceptors (Lipinski definition) is 6. The Bertz CT molecular complexity index is 939. The summed E-state index contributed by atoms with van der Waals surface area (Å²) in [6, 6.07) is 3.90. The number of rotatable bonds is 7. The normalized spacial score (nSPS) is 14.6.